The van der Waals surface area contributed by atoms with Crippen LogP contribution in [0.4, 0.5) is 11.4 Å². The number of rotatable bonds is 5. The standard InChI is InChI=1S/C13H17N5O/c1-3-18-8-16-17-13(18)7-15-10-4-5-11(9(2)19)12(14)6-10/h4-6,8,15H,3,7,14H2,1-2H3. The fraction of sp³-hybridized carbons (Fsp3) is 0.308. The molecule has 1 aromatic carbocycles. The summed E-state index contributed by atoms with van der Waals surface area (Å²) in [6.07, 6.45) is 1.70. The largest absolute Gasteiger partial charge is 0.398 e. The van der Waals surface area contributed by atoms with Crippen LogP contribution in [-0.2, 0) is 13.1 Å². The molecule has 0 amide bonds. The number of benzene rings is 1. The summed E-state index contributed by atoms with van der Waals surface area (Å²) in [7, 11) is 0. The third-order valence-corrected chi connectivity index (χ3v) is 2.92. The molecule has 2 aromatic rings. The molecule has 1 heterocycles. The highest BCUT2D eigenvalue weighted by atomic mass is 16.1. The lowest BCUT2D eigenvalue weighted by Crippen LogP contribution is -2.08. The molecule has 6 nitrogen and oxygen atoms in total. The summed E-state index contributed by atoms with van der Waals surface area (Å²) in [5, 5.41) is 11.1. The van der Waals surface area contributed by atoms with Gasteiger partial charge in [0.2, 0.25) is 0 Å². The Bertz CT molecular complexity index is 590. The SMILES string of the molecule is CCn1cnnc1CNc1ccc(C(C)=O)c(N)c1. The lowest BCUT2D eigenvalue weighted by atomic mass is 10.1. The Hall–Kier alpha value is -2.37. The van der Waals surface area contributed by atoms with E-state index >= 15 is 0 Å². The zero-order chi connectivity index (χ0) is 13.8. The van der Waals surface area contributed by atoms with E-state index in [4.69, 9.17) is 5.73 Å². The number of aromatic nitrogens is 3. The maximum absolute atomic E-state index is 11.3. The number of aryl methyl sites for hydroxylation is 1. The zero-order valence-corrected chi connectivity index (χ0v) is 11.1. The smallest absolute Gasteiger partial charge is 0.161 e. The summed E-state index contributed by atoms with van der Waals surface area (Å²) in [5.74, 6) is 0.825. The monoisotopic (exact) mass is 259 g/mol. The van der Waals surface area contributed by atoms with Gasteiger partial charge in [0.25, 0.3) is 0 Å². The molecule has 0 spiro atoms. The number of hydrogen-bond acceptors (Lipinski definition) is 5. The Labute approximate surface area is 111 Å². The van der Waals surface area contributed by atoms with Gasteiger partial charge >= 0.3 is 0 Å². The van der Waals surface area contributed by atoms with Gasteiger partial charge in [-0.15, -0.1) is 10.2 Å². The molecule has 6 heteroatoms. The molecule has 0 fully saturated rings. The van der Waals surface area contributed by atoms with Gasteiger partial charge in [0.1, 0.15) is 6.33 Å². The van der Waals surface area contributed by atoms with Crippen molar-refractivity contribution in [2.45, 2.75) is 26.9 Å². The number of nitrogens with zero attached hydrogens (tertiary/aromatic N) is 3. The van der Waals surface area contributed by atoms with Crippen LogP contribution in [0, 0.1) is 0 Å². The maximum atomic E-state index is 11.3. The third-order valence-electron chi connectivity index (χ3n) is 2.92. The first-order valence-electron chi connectivity index (χ1n) is 6.12. The number of hydrogen-bond donors (Lipinski definition) is 2. The molecule has 1 aromatic heterocycles. The quantitative estimate of drug-likeness (QED) is 0.630. The van der Waals surface area contributed by atoms with Crippen molar-refractivity contribution in [3.8, 4) is 0 Å². The van der Waals surface area contributed by atoms with Crippen LogP contribution >= 0.6 is 0 Å². The van der Waals surface area contributed by atoms with E-state index in [9.17, 15) is 4.79 Å². The van der Waals surface area contributed by atoms with Gasteiger partial charge in [-0.05, 0) is 32.0 Å². The van der Waals surface area contributed by atoms with Crippen LogP contribution in [-0.4, -0.2) is 20.5 Å². The molecule has 0 bridgehead atoms. The van der Waals surface area contributed by atoms with E-state index in [1.54, 1.807) is 18.5 Å². The molecule has 0 unspecified atom stereocenters. The Morgan fingerprint density at radius 2 is 2.26 bits per heavy atom. The first-order chi connectivity index (χ1) is 9.11. The molecule has 2 rings (SSSR count). The van der Waals surface area contributed by atoms with Gasteiger partial charge in [0, 0.05) is 23.5 Å². The molecule has 0 atom stereocenters. The van der Waals surface area contributed by atoms with Crippen LogP contribution in [0.2, 0.25) is 0 Å². The molecule has 0 aliphatic carbocycles. The predicted molar refractivity (Wildman–Crippen MR) is 73.9 cm³/mol. The van der Waals surface area contributed by atoms with Gasteiger partial charge in [-0.3, -0.25) is 4.79 Å². The summed E-state index contributed by atoms with van der Waals surface area (Å²) in [5.41, 5.74) is 7.71. The number of ketones is 1. The third kappa shape index (κ3) is 2.90. The average molecular weight is 259 g/mol. The number of Topliss-reactive ketones (excluding diaryl/α,β-unsaturated/α-hetero) is 1. The number of anilines is 2. The van der Waals surface area contributed by atoms with Crippen LogP contribution in [0.1, 0.15) is 30.0 Å². The van der Waals surface area contributed by atoms with E-state index in [-0.39, 0.29) is 5.78 Å². The summed E-state index contributed by atoms with van der Waals surface area (Å²) < 4.78 is 1.96. The van der Waals surface area contributed by atoms with Crippen LogP contribution in [0.15, 0.2) is 24.5 Å². The van der Waals surface area contributed by atoms with Gasteiger partial charge in [-0.2, -0.15) is 0 Å². The van der Waals surface area contributed by atoms with E-state index in [2.05, 4.69) is 15.5 Å². The number of nitrogens with two attached hydrogens (primary N) is 1. The Morgan fingerprint density at radius 3 is 2.89 bits per heavy atom. The molecule has 3 N–H and O–H groups in total. The summed E-state index contributed by atoms with van der Waals surface area (Å²) >= 11 is 0. The number of carbonyl (C=O) groups excluding carboxylic acids is 1. The minimum Gasteiger partial charge on any atom is -0.398 e. The van der Waals surface area contributed by atoms with Crippen molar-refractivity contribution in [3.63, 3.8) is 0 Å². The van der Waals surface area contributed by atoms with Crippen molar-refractivity contribution in [1.29, 1.82) is 0 Å². The summed E-state index contributed by atoms with van der Waals surface area (Å²) in [6, 6.07) is 5.31. The van der Waals surface area contributed by atoms with E-state index < -0.39 is 0 Å². The van der Waals surface area contributed by atoms with Crippen molar-refractivity contribution in [2.75, 3.05) is 11.1 Å². The highest BCUT2D eigenvalue weighted by Crippen LogP contribution is 2.18. The van der Waals surface area contributed by atoms with Crippen LogP contribution in [0.5, 0.6) is 0 Å². The highest BCUT2D eigenvalue weighted by molar-refractivity contribution is 5.99. The Kier molecular flexibility index (Phi) is 3.79. The van der Waals surface area contributed by atoms with Gasteiger partial charge in [0.05, 0.1) is 6.54 Å². The van der Waals surface area contributed by atoms with Gasteiger partial charge in [0.15, 0.2) is 11.6 Å². The average Bonchev–Trinajstić information content (AvgIpc) is 2.83. The highest BCUT2D eigenvalue weighted by Gasteiger charge is 2.06. The molecule has 19 heavy (non-hydrogen) atoms. The fourth-order valence-corrected chi connectivity index (χ4v) is 1.85. The topological polar surface area (TPSA) is 85.8 Å². The van der Waals surface area contributed by atoms with Crippen LogP contribution in [0.3, 0.4) is 0 Å². The number of carbonyl (C=O) groups is 1. The van der Waals surface area contributed by atoms with E-state index in [0.29, 0.717) is 17.8 Å². The van der Waals surface area contributed by atoms with Crippen molar-refractivity contribution >= 4 is 17.2 Å². The second-order valence-corrected chi connectivity index (χ2v) is 4.24. The second kappa shape index (κ2) is 5.51. The molecule has 0 radical (unpaired) electrons. The second-order valence-electron chi connectivity index (χ2n) is 4.24. The Balaban J connectivity index is 2.08. The van der Waals surface area contributed by atoms with E-state index in [0.717, 1.165) is 18.1 Å². The lowest BCUT2D eigenvalue weighted by molar-refractivity contribution is 0.101. The first-order valence-corrected chi connectivity index (χ1v) is 6.12. The van der Waals surface area contributed by atoms with Gasteiger partial charge in [-0.25, -0.2) is 0 Å². The number of nitrogens with one attached hydrogen (secondary N) is 1. The van der Waals surface area contributed by atoms with Crippen molar-refractivity contribution in [3.05, 3.63) is 35.9 Å². The van der Waals surface area contributed by atoms with E-state index in [1.807, 2.05) is 17.6 Å². The maximum Gasteiger partial charge on any atom is 0.161 e. The molecule has 0 aliphatic rings. The zero-order valence-electron chi connectivity index (χ0n) is 11.1. The normalized spacial score (nSPS) is 10.4. The minimum atomic E-state index is -0.0326. The molecule has 100 valence electrons. The van der Waals surface area contributed by atoms with E-state index in [1.165, 1.54) is 6.92 Å². The van der Waals surface area contributed by atoms with Crippen molar-refractivity contribution < 1.29 is 4.79 Å². The molecular formula is C13H17N5O. The molecule has 0 aliphatic heterocycles. The predicted octanol–water partition coefficient (Wildman–Crippen LogP) is 1.69. The first kappa shape index (κ1) is 13.1. The van der Waals surface area contributed by atoms with Crippen LogP contribution in [0.25, 0.3) is 0 Å². The fourth-order valence-electron chi connectivity index (χ4n) is 1.85. The Morgan fingerprint density at radius 1 is 1.47 bits per heavy atom. The van der Waals surface area contributed by atoms with Crippen molar-refractivity contribution in [2.24, 2.45) is 0 Å². The summed E-state index contributed by atoms with van der Waals surface area (Å²) in [4.78, 5) is 11.3. The minimum absolute atomic E-state index is 0.0326. The van der Waals surface area contributed by atoms with Crippen molar-refractivity contribution in [1.82, 2.24) is 14.8 Å². The number of nitrogen functional groups attached to an aromatic ring is 1. The molecule has 0 saturated carbocycles. The lowest BCUT2D eigenvalue weighted by Gasteiger charge is -2.09. The molecular weight excluding hydrogens is 242 g/mol. The van der Waals surface area contributed by atoms with Gasteiger partial charge in [-0.1, -0.05) is 0 Å². The molecule has 0 saturated heterocycles. The van der Waals surface area contributed by atoms with Gasteiger partial charge < -0.3 is 15.6 Å². The van der Waals surface area contributed by atoms with Crippen LogP contribution < -0.4 is 11.1 Å². The summed E-state index contributed by atoms with van der Waals surface area (Å²) in [6.45, 7) is 4.93.